The molecule has 4 rings (SSSR count). The van der Waals surface area contributed by atoms with Crippen molar-refractivity contribution in [1.29, 1.82) is 0 Å². The summed E-state index contributed by atoms with van der Waals surface area (Å²) < 4.78 is 10.1. The van der Waals surface area contributed by atoms with E-state index in [9.17, 15) is 9.59 Å². The maximum Gasteiger partial charge on any atom is 0.328 e. The number of aromatic amines is 1. The summed E-state index contributed by atoms with van der Waals surface area (Å²) in [6.07, 6.45) is 2.11. The van der Waals surface area contributed by atoms with Crippen molar-refractivity contribution < 1.29 is 18.8 Å². The predicted molar refractivity (Wildman–Crippen MR) is 107 cm³/mol. The first kappa shape index (κ1) is 18.5. The number of fused-ring (bicyclic) bond motifs is 1. The van der Waals surface area contributed by atoms with Crippen LogP contribution < -0.4 is 5.32 Å². The van der Waals surface area contributed by atoms with Crippen LogP contribution in [0.25, 0.3) is 22.2 Å². The van der Waals surface area contributed by atoms with Crippen LogP contribution in [-0.4, -0.2) is 35.2 Å². The second-order valence-electron chi connectivity index (χ2n) is 6.56. The van der Waals surface area contributed by atoms with Gasteiger partial charge in [-0.05, 0) is 11.6 Å². The van der Waals surface area contributed by atoms with E-state index in [2.05, 4.69) is 15.5 Å². The molecule has 2 N–H and O–H groups in total. The van der Waals surface area contributed by atoms with Crippen molar-refractivity contribution in [3.05, 3.63) is 78.1 Å². The number of esters is 1. The minimum absolute atomic E-state index is 0.0942. The zero-order valence-corrected chi connectivity index (χ0v) is 15.7. The Morgan fingerprint density at radius 1 is 1.14 bits per heavy atom. The Labute approximate surface area is 166 Å². The van der Waals surface area contributed by atoms with Gasteiger partial charge in [-0.1, -0.05) is 53.7 Å². The number of nitrogens with zero attached hydrogens (tertiary/aromatic N) is 1. The lowest BCUT2D eigenvalue weighted by Crippen LogP contribution is -2.43. The molecule has 1 unspecified atom stereocenters. The molecule has 1 amide bonds. The zero-order chi connectivity index (χ0) is 20.2. The Balaban J connectivity index is 1.53. The molecule has 7 nitrogen and oxygen atoms in total. The molecule has 2 aromatic carbocycles. The number of carbonyl (C=O) groups excluding carboxylic acids is 2. The lowest BCUT2D eigenvalue weighted by Gasteiger charge is -2.15. The number of hydrogen-bond acceptors (Lipinski definition) is 5. The molecular weight excluding hydrogens is 370 g/mol. The number of amides is 1. The summed E-state index contributed by atoms with van der Waals surface area (Å²) in [5.74, 6) is -0.566. The summed E-state index contributed by atoms with van der Waals surface area (Å²) in [4.78, 5) is 28.1. The van der Waals surface area contributed by atoms with Crippen LogP contribution in [0.15, 0.2) is 71.4 Å². The highest BCUT2D eigenvalue weighted by Crippen LogP contribution is 2.21. The van der Waals surface area contributed by atoms with Crippen molar-refractivity contribution in [3.8, 4) is 11.3 Å². The maximum atomic E-state index is 12.7. The molecule has 4 aromatic rings. The van der Waals surface area contributed by atoms with Crippen molar-refractivity contribution in [2.75, 3.05) is 7.11 Å². The van der Waals surface area contributed by atoms with Gasteiger partial charge in [0.1, 0.15) is 6.04 Å². The topological polar surface area (TPSA) is 97.2 Å². The lowest BCUT2D eigenvalue weighted by atomic mass is 10.0. The van der Waals surface area contributed by atoms with Gasteiger partial charge in [0.2, 0.25) is 0 Å². The van der Waals surface area contributed by atoms with Gasteiger partial charge in [-0.15, -0.1) is 0 Å². The minimum atomic E-state index is -0.858. The lowest BCUT2D eigenvalue weighted by molar-refractivity contribution is -0.142. The molecule has 0 spiro atoms. The molecule has 2 heterocycles. The Morgan fingerprint density at radius 2 is 1.90 bits per heavy atom. The molecule has 146 valence electrons. The Kier molecular flexibility index (Phi) is 5.11. The van der Waals surface area contributed by atoms with Crippen molar-refractivity contribution in [3.63, 3.8) is 0 Å². The number of hydrogen-bond donors (Lipinski definition) is 2. The molecule has 0 radical (unpaired) electrons. The van der Waals surface area contributed by atoms with E-state index >= 15 is 0 Å². The Bertz CT molecular complexity index is 1150. The van der Waals surface area contributed by atoms with Crippen molar-refractivity contribution in [2.24, 2.45) is 0 Å². The van der Waals surface area contributed by atoms with Crippen molar-refractivity contribution in [2.45, 2.75) is 12.5 Å². The smallest absolute Gasteiger partial charge is 0.328 e. The van der Waals surface area contributed by atoms with Crippen LogP contribution in [0.4, 0.5) is 0 Å². The van der Waals surface area contributed by atoms with Gasteiger partial charge < -0.3 is 19.6 Å². The average Bonchev–Trinajstić information content (AvgIpc) is 3.41. The Hall–Kier alpha value is -3.87. The van der Waals surface area contributed by atoms with Gasteiger partial charge in [0.25, 0.3) is 5.91 Å². The number of H-pyrrole nitrogens is 1. The largest absolute Gasteiger partial charge is 0.467 e. The third-order valence-corrected chi connectivity index (χ3v) is 4.69. The van der Waals surface area contributed by atoms with Crippen molar-refractivity contribution in [1.82, 2.24) is 15.5 Å². The first-order chi connectivity index (χ1) is 14.2. The standard InChI is InChI=1S/C22H19N3O4/c1-28-22(27)19(11-15-13-23-17-10-6-5-9-16(15)17)24-21(26)18-12-20(29-25-18)14-7-3-2-4-8-14/h2-10,12-13,19,23H,11H2,1H3,(H,24,26). The second-order valence-corrected chi connectivity index (χ2v) is 6.56. The molecule has 29 heavy (non-hydrogen) atoms. The molecule has 0 fully saturated rings. The van der Waals surface area contributed by atoms with Gasteiger partial charge in [0, 0.05) is 35.2 Å². The summed E-state index contributed by atoms with van der Waals surface area (Å²) in [6, 6.07) is 17.8. The summed E-state index contributed by atoms with van der Waals surface area (Å²) >= 11 is 0. The summed E-state index contributed by atoms with van der Waals surface area (Å²) in [5, 5.41) is 7.52. The van der Waals surface area contributed by atoms with Crippen LogP contribution in [0.2, 0.25) is 0 Å². The minimum Gasteiger partial charge on any atom is -0.467 e. The molecule has 0 aliphatic carbocycles. The van der Waals surface area contributed by atoms with E-state index in [4.69, 9.17) is 9.26 Å². The monoisotopic (exact) mass is 389 g/mol. The zero-order valence-electron chi connectivity index (χ0n) is 15.7. The molecular formula is C22H19N3O4. The second kappa shape index (κ2) is 8.02. The fourth-order valence-corrected chi connectivity index (χ4v) is 3.21. The number of ether oxygens (including phenoxy) is 1. The number of benzene rings is 2. The predicted octanol–water partition coefficient (Wildman–Crippen LogP) is 3.34. The van der Waals surface area contributed by atoms with Crippen LogP contribution in [0.5, 0.6) is 0 Å². The number of methoxy groups -OCH3 is 1. The van der Waals surface area contributed by atoms with Gasteiger partial charge in [0.05, 0.1) is 7.11 Å². The third kappa shape index (κ3) is 3.89. The van der Waals surface area contributed by atoms with E-state index < -0.39 is 17.9 Å². The van der Waals surface area contributed by atoms with E-state index in [-0.39, 0.29) is 12.1 Å². The van der Waals surface area contributed by atoms with E-state index in [0.717, 1.165) is 22.0 Å². The molecule has 0 aliphatic rings. The highest BCUT2D eigenvalue weighted by Gasteiger charge is 2.25. The molecule has 7 heteroatoms. The molecule has 2 aromatic heterocycles. The summed E-state index contributed by atoms with van der Waals surface area (Å²) in [6.45, 7) is 0. The first-order valence-corrected chi connectivity index (χ1v) is 9.11. The van der Waals surface area contributed by atoms with Crippen LogP contribution in [0.3, 0.4) is 0 Å². The number of rotatable bonds is 6. The summed E-state index contributed by atoms with van der Waals surface area (Å²) in [5.41, 5.74) is 2.77. The fourth-order valence-electron chi connectivity index (χ4n) is 3.21. The normalized spacial score (nSPS) is 11.9. The van der Waals surface area contributed by atoms with Gasteiger partial charge in [-0.2, -0.15) is 0 Å². The van der Waals surface area contributed by atoms with Crippen LogP contribution in [-0.2, 0) is 16.0 Å². The van der Waals surface area contributed by atoms with E-state index in [1.54, 1.807) is 6.07 Å². The molecule has 0 bridgehead atoms. The van der Waals surface area contributed by atoms with E-state index in [1.165, 1.54) is 7.11 Å². The highest BCUT2D eigenvalue weighted by atomic mass is 16.5. The molecule has 0 aliphatic heterocycles. The molecule has 1 atom stereocenters. The van der Waals surface area contributed by atoms with E-state index in [0.29, 0.717) is 5.76 Å². The third-order valence-electron chi connectivity index (χ3n) is 4.69. The number of nitrogens with one attached hydrogen (secondary N) is 2. The van der Waals surface area contributed by atoms with Gasteiger partial charge in [-0.25, -0.2) is 4.79 Å². The van der Waals surface area contributed by atoms with Crippen LogP contribution in [0.1, 0.15) is 16.1 Å². The first-order valence-electron chi connectivity index (χ1n) is 9.11. The quantitative estimate of drug-likeness (QED) is 0.493. The SMILES string of the molecule is COC(=O)C(Cc1c[nH]c2ccccc12)NC(=O)c1cc(-c2ccccc2)on1. The fraction of sp³-hybridized carbons (Fsp3) is 0.136. The van der Waals surface area contributed by atoms with Gasteiger partial charge >= 0.3 is 5.97 Å². The maximum absolute atomic E-state index is 12.7. The van der Waals surface area contributed by atoms with Gasteiger partial charge in [-0.3, -0.25) is 4.79 Å². The van der Waals surface area contributed by atoms with Crippen LogP contribution >= 0.6 is 0 Å². The van der Waals surface area contributed by atoms with Crippen molar-refractivity contribution >= 4 is 22.8 Å². The average molecular weight is 389 g/mol. The molecule has 0 saturated heterocycles. The number of carbonyl (C=O) groups is 2. The highest BCUT2D eigenvalue weighted by molar-refractivity contribution is 5.96. The molecule has 0 saturated carbocycles. The Morgan fingerprint density at radius 3 is 2.69 bits per heavy atom. The number of aromatic nitrogens is 2. The van der Waals surface area contributed by atoms with E-state index in [1.807, 2.05) is 60.8 Å². The summed E-state index contributed by atoms with van der Waals surface area (Å²) in [7, 11) is 1.29. The van der Waals surface area contributed by atoms with Gasteiger partial charge in [0.15, 0.2) is 11.5 Å². The van der Waals surface area contributed by atoms with Crippen LogP contribution in [0, 0.1) is 0 Å². The number of para-hydroxylation sites is 1.